The molecular formula is C17H17NO2. The fraction of sp³-hybridized carbons (Fsp3) is 0.118. The number of allylic oxidation sites excluding steroid dienone is 1. The van der Waals surface area contributed by atoms with Gasteiger partial charge in [0.15, 0.2) is 0 Å². The summed E-state index contributed by atoms with van der Waals surface area (Å²) in [5.41, 5.74) is 2.52. The smallest absolute Gasteiger partial charge is 0.218 e. The van der Waals surface area contributed by atoms with Crippen LogP contribution in [0, 0.1) is 5.21 Å². The van der Waals surface area contributed by atoms with Crippen LogP contribution >= 0.6 is 0 Å². The second-order valence-electron chi connectivity index (χ2n) is 4.36. The Morgan fingerprint density at radius 2 is 1.70 bits per heavy atom. The summed E-state index contributed by atoms with van der Waals surface area (Å²) in [7, 11) is 3.11. The van der Waals surface area contributed by atoms with E-state index in [-0.39, 0.29) is 0 Å². The number of nitrogens with zero attached hydrogens (tertiary/aromatic N) is 1. The minimum Gasteiger partial charge on any atom is -0.624 e. The van der Waals surface area contributed by atoms with Gasteiger partial charge in [0.2, 0.25) is 5.71 Å². The van der Waals surface area contributed by atoms with Crippen molar-refractivity contribution in [2.45, 2.75) is 0 Å². The van der Waals surface area contributed by atoms with Crippen LogP contribution in [0.1, 0.15) is 11.1 Å². The molecule has 0 spiro atoms. The lowest BCUT2D eigenvalue weighted by molar-refractivity contribution is -0.421. The number of hydrogen-bond donors (Lipinski definition) is 0. The van der Waals surface area contributed by atoms with Gasteiger partial charge in [-0.05, 0) is 35.9 Å². The molecule has 0 saturated heterocycles. The topological polar surface area (TPSA) is 35.3 Å². The molecule has 0 fully saturated rings. The molecule has 0 bridgehead atoms. The Hall–Kier alpha value is -2.55. The fourth-order valence-corrected chi connectivity index (χ4v) is 1.88. The molecule has 0 aliphatic carbocycles. The molecule has 3 heteroatoms. The highest BCUT2D eigenvalue weighted by molar-refractivity contribution is 6.07. The van der Waals surface area contributed by atoms with Gasteiger partial charge in [-0.1, -0.05) is 30.3 Å². The third-order valence-corrected chi connectivity index (χ3v) is 2.96. The molecule has 0 radical (unpaired) electrons. The van der Waals surface area contributed by atoms with Crippen LogP contribution in [0.4, 0.5) is 0 Å². The van der Waals surface area contributed by atoms with Crippen molar-refractivity contribution in [3.63, 3.8) is 0 Å². The Morgan fingerprint density at radius 3 is 2.25 bits per heavy atom. The first-order chi connectivity index (χ1) is 9.70. The zero-order valence-corrected chi connectivity index (χ0v) is 11.6. The fourth-order valence-electron chi connectivity index (χ4n) is 1.88. The van der Waals surface area contributed by atoms with E-state index in [9.17, 15) is 5.21 Å². The predicted octanol–water partition coefficient (Wildman–Crippen LogP) is 3.34. The molecule has 2 aromatic carbocycles. The lowest BCUT2D eigenvalue weighted by atomic mass is 10.1. The molecule has 20 heavy (non-hydrogen) atoms. The Morgan fingerprint density at radius 1 is 1.05 bits per heavy atom. The largest absolute Gasteiger partial charge is 0.624 e. The number of methoxy groups -OCH3 is 1. The van der Waals surface area contributed by atoms with Gasteiger partial charge in [0.05, 0.1) is 7.11 Å². The molecule has 0 amide bonds. The molecular weight excluding hydrogens is 250 g/mol. The molecule has 3 nitrogen and oxygen atoms in total. The Bertz CT molecular complexity index is 609. The van der Waals surface area contributed by atoms with Crippen LogP contribution in [0.25, 0.3) is 6.08 Å². The molecule has 0 N–H and O–H groups in total. The SMILES string of the molecule is COc1ccc(C(/C=C/c2ccccc2)=[N+](/C)[O-])cc1. The summed E-state index contributed by atoms with van der Waals surface area (Å²) in [5, 5.41) is 11.7. The highest BCUT2D eigenvalue weighted by Crippen LogP contribution is 2.13. The van der Waals surface area contributed by atoms with Crippen LogP contribution in [-0.2, 0) is 0 Å². The van der Waals surface area contributed by atoms with Crippen LogP contribution in [0.3, 0.4) is 0 Å². The number of hydrogen-bond acceptors (Lipinski definition) is 2. The quantitative estimate of drug-likeness (QED) is 0.368. The number of ether oxygens (including phenoxy) is 1. The van der Waals surface area contributed by atoms with Crippen molar-refractivity contribution in [2.75, 3.05) is 14.2 Å². The van der Waals surface area contributed by atoms with Gasteiger partial charge >= 0.3 is 0 Å². The number of rotatable bonds is 4. The minimum atomic E-state index is 0.608. The highest BCUT2D eigenvalue weighted by atomic mass is 16.5. The van der Waals surface area contributed by atoms with Crippen LogP contribution in [0.15, 0.2) is 60.7 Å². The van der Waals surface area contributed by atoms with Crippen LogP contribution < -0.4 is 4.74 Å². The summed E-state index contributed by atoms with van der Waals surface area (Å²) >= 11 is 0. The molecule has 2 aromatic rings. The van der Waals surface area contributed by atoms with E-state index in [0.717, 1.165) is 21.6 Å². The first kappa shape index (κ1) is 13.9. The summed E-state index contributed by atoms with van der Waals surface area (Å²) in [4.78, 5) is 0. The summed E-state index contributed by atoms with van der Waals surface area (Å²) in [5.74, 6) is 0.772. The molecule has 2 rings (SSSR count). The Balaban J connectivity index is 2.28. The maximum atomic E-state index is 11.7. The van der Waals surface area contributed by atoms with Crippen molar-refractivity contribution in [1.82, 2.24) is 0 Å². The van der Waals surface area contributed by atoms with E-state index in [0.29, 0.717) is 5.71 Å². The third kappa shape index (κ3) is 3.48. The molecule has 0 heterocycles. The van der Waals surface area contributed by atoms with Gasteiger partial charge in [0.1, 0.15) is 12.8 Å². The van der Waals surface area contributed by atoms with E-state index < -0.39 is 0 Å². The Kier molecular flexibility index (Phi) is 4.56. The molecule has 102 valence electrons. The lowest BCUT2D eigenvalue weighted by Gasteiger charge is -2.05. The van der Waals surface area contributed by atoms with Gasteiger partial charge in [-0.3, -0.25) is 0 Å². The predicted molar refractivity (Wildman–Crippen MR) is 82.1 cm³/mol. The summed E-state index contributed by atoms with van der Waals surface area (Å²) in [6.45, 7) is 0. The van der Waals surface area contributed by atoms with Gasteiger partial charge in [0.25, 0.3) is 0 Å². The molecule has 0 aliphatic heterocycles. The van der Waals surface area contributed by atoms with Gasteiger partial charge in [-0.2, -0.15) is 0 Å². The molecule has 0 unspecified atom stereocenters. The monoisotopic (exact) mass is 267 g/mol. The maximum absolute atomic E-state index is 11.7. The lowest BCUT2D eigenvalue weighted by Crippen LogP contribution is -2.10. The zero-order chi connectivity index (χ0) is 14.4. The second-order valence-corrected chi connectivity index (χ2v) is 4.36. The van der Waals surface area contributed by atoms with Crippen molar-refractivity contribution in [3.05, 3.63) is 77.0 Å². The van der Waals surface area contributed by atoms with E-state index in [2.05, 4.69) is 0 Å². The van der Waals surface area contributed by atoms with Crippen molar-refractivity contribution in [1.29, 1.82) is 0 Å². The molecule has 0 aromatic heterocycles. The van der Waals surface area contributed by atoms with E-state index >= 15 is 0 Å². The van der Waals surface area contributed by atoms with Crippen LogP contribution in [0.5, 0.6) is 5.75 Å². The second kappa shape index (κ2) is 6.57. The zero-order valence-electron chi connectivity index (χ0n) is 11.6. The highest BCUT2D eigenvalue weighted by Gasteiger charge is 2.07. The van der Waals surface area contributed by atoms with Crippen LogP contribution in [0.2, 0.25) is 0 Å². The van der Waals surface area contributed by atoms with E-state index in [4.69, 9.17) is 4.74 Å². The van der Waals surface area contributed by atoms with E-state index in [1.54, 1.807) is 7.11 Å². The van der Waals surface area contributed by atoms with Crippen molar-refractivity contribution in [2.24, 2.45) is 0 Å². The van der Waals surface area contributed by atoms with Crippen LogP contribution in [-0.4, -0.2) is 24.6 Å². The summed E-state index contributed by atoms with van der Waals surface area (Å²) in [6.07, 6.45) is 3.75. The van der Waals surface area contributed by atoms with E-state index in [1.807, 2.05) is 66.7 Å². The molecule has 0 saturated carbocycles. The standard InChI is InChI=1S/C17H17NO2/c1-18(19)17(13-8-14-6-4-3-5-7-14)15-9-11-16(20-2)12-10-15/h3-13H,1-2H3/b13-8+,18-17-. The molecule has 0 atom stereocenters. The van der Waals surface area contributed by atoms with Gasteiger partial charge in [-0.15, -0.1) is 0 Å². The molecule has 0 aliphatic rings. The summed E-state index contributed by atoms with van der Waals surface area (Å²) < 4.78 is 5.98. The average Bonchev–Trinajstić information content (AvgIpc) is 2.49. The van der Waals surface area contributed by atoms with Gasteiger partial charge < -0.3 is 9.94 Å². The van der Waals surface area contributed by atoms with Gasteiger partial charge in [0, 0.05) is 11.6 Å². The first-order valence-electron chi connectivity index (χ1n) is 6.36. The number of benzene rings is 2. The van der Waals surface area contributed by atoms with Gasteiger partial charge in [-0.25, -0.2) is 4.74 Å². The van der Waals surface area contributed by atoms with Crippen molar-refractivity contribution < 1.29 is 9.48 Å². The Labute approximate surface area is 119 Å². The normalized spacial score (nSPS) is 12.3. The average molecular weight is 267 g/mol. The van der Waals surface area contributed by atoms with Crippen molar-refractivity contribution >= 4 is 11.8 Å². The number of hydroxylamine groups is 1. The maximum Gasteiger partial charge on any atom is 0.218 e. The van der Waals surface area contributed by atoms with Crippen molar-refractivity contribution in [3.8, 4) is 5.75 Å². The first-order valence-corrected chi connectivity index (χ1v) is 6.36. The minimum absolute atomic E-state index is 0.608. The van der Waals surface area contributed by atoms with E-state index in [1.165, 1.54) is 7.05 Å². The third-order valence-electron chi connectivity index (χ3n) is 2.96. The summed E-state index contributed by atoms with van der Waals surface area (Å²) in [6, 6.07) is 17.3.